The second kappa shape index (κ2) is 9.62. The van der Waals surface area contributed by atoms with Crippen molar-refractivity contribution in [2.45, 2.75) is 44.0 Å². The molecule has 2 aliphatic rings. The highest BCUT2D eigenvalue weighted by Crippen LogP contribution is 2.43. The second-order valence-electron chi connectivity index (χ2n) is 7.70. The molecule has 1 aliphatic heterocycles. The van der Waals surface area contributed by atoms with Crippen LogP contribution in [0.1, 0.15) is 38.5 Å². The summed E-state index contributed by atoms with van der Waals surface area (Å²) < 4.78 is 66.6. The number of sulfonamides is 1. The highest BCUT2D eigenvalue weighted by Gasteiger charge is 2.50. The maximum absolute atomic E-state index is 12.6. The van der Waals surface area contributed by atoms with Gasteiger partial charge in [0.15, 0.2) is 5.96 Å². The number of alkyl halides is 3. The minimum Gasteiger partial charge on any atom is -0.385 e. The van der Waals surface area contributed by atoms with E-state index in [2.05, 4.69) is 15.6 Å². The summed E-state index contributed by atoms with van der Waals surface area (Å²) in [6, 6.07) is 0. The van der Waals surface area contributed by atoms with Gasteiger partial charge in [-0.1, -0.05) is 6.42 Å². The molecule has 0 spiro atoms. The number of piperidine rings is 1. The van der Waals surface area contributed by atoms with Crippen molar-refractivity contribution >= 4 is 16.0 Å². The van der Waals surface area contributed by atoms with Crippen molar-refractivity contribution < 1.29 is 26.3 Å². The Morgan fingerprint density at radius 3 is 2.36 bits per heavy atom. The standard InChI is InChI=1S/C17H31F3N4O3S/c1-21-15(23-13-16(6-3-7-16)8-11-27-2)22-12-14-4-9-24(10-5-14)28(25,26)17(18,19)20/h14H,3-13H2,1-2H3,(H2,21,22,23). The van der Waals surface area contributed by atoms with Crippen molar-refractivity contribution in [1.29, 1.82) is 0 Å². The van der Waals surface area contributed by atoms with E-state index in [0.717, 1.165) is 32.4 Å². The Kier molecular flexibility index (Phi) is 7.97. The van der Waals surface area contributed by atoms with Crippen LogP contribution in [0.4, 0.5) is 13.2 Å². The molecule has 0 atom stereocenters. The van der Waals surface area contributed by atoms with Gasteiger partial charge < -0.3 is 15.4 Å². The van der Waals surface area contributed by atoms with Gasteiger partial charge in [-0.15, -0.1) is 0 Å². The Labute approximate surface area is 165 Å². The average molecular weight is 429 g/mol. The van der Waals surface area contributed by atoms with E-state index in [0.29, 0.717) is 29.7 Å². The van der Waals surface area contributed by atoms with E-state index < -0.39 is 15.5 Å². The summed E-state index contributed by atoms with van der Waals surface area (Å²) >= 11 is 0. The molecule has 1 saturated heterocycles. The summed E-state index contributed by atoms with van der Waals surface area (Å²) in [7, 11) is -1.84. The molecule has 7 nitrogen and oxygen atoms in total. The topological polar surface area (TPSA) is 83.0 Å². The number of nitrogens with one attached hydrogen (secondary N) is 2. The van der Waals surface area contributed by atoms with Gasteiger partial charge >= 0.3 is 15.5 Å². The van der Waals surface area contributed by atoms with Crippen molar-refractivity contribution in [2.24, 2.45) is 16.3 Å². The Morgan fingerprint density at radius 2 is 1.89 bits per heavy atom. The quantitative estimate of drug-likeness (QED) is 0.456. The number of nitrogens with zero attached hydrogens (tertiary/aromatic N) is 2. The molecule has 11 heteroatoms. The lowest BCUT2D eigenvalue weighted by atomic mass is 9.67. The largest absolute Gasteiger partial charge is 0.511 e. The van der Waals surface area contributed by atoms with Crippen LogP contribution in [0.5, 0.6) is 0 Å². The van der Waals surface area contributed by atoms with Crippen molar-refractivity contribution in [3.8, 4) is 0 Å². The molecule has 0 aromatic rings. The number of ether oxygens (including phenoxy) is 1. The number of aliphatic imine (C=N–C) groups is 1. The third-order valence-corrected chi connectivity index (χ3v) is 7.50. The van der Waals surface area contributed by atoms with Crippen molar-refractivity contribution in [2.75, 3.05) is 46.9 Å². The lowest BCUT2D eigenvalue weighted by Crippen LogP contribution is -2.49. The Bertz CT molecular complexity index is 628. The van der Waals surface area contributed by atoms with Gasteiger partial charge in [0.05, 0.1) is 0 Å². The summed E-state index contributed by atoms with van der Waals surface area (Å²) in [4.78, 5) is 4.21. The van der Waals surface area contributed by atoms with Crippen LogP contribution in [0.15, 0.2) is 4.99 Å². The molecule has 2 fully saturated rings. The van der Waals surface area contributed by atoms with E-state index in [1.807, 2.05) is 0 Å². The lowest BCUT2D eigenvalue weighted by molar-refractivity contribution is -0.0496. The number of hydrogen-bond donors (Lipinski definition) is 2. The molecule has 0 amide bonds. The molecule has 0 aromatic carbocycles. The molecule has 1 aliphatic carbocycles. The van der Waals surface area contributed by atoms with Crippen LogP contribution >= 0.6 is 0 Å². The average Bonchev–Trinajstić information content (AvgIpc) is 2.62. The van der Waals surface area contributed by atoms with E-state index in [-0.39, 0.29) is 24.4 Å². The van der Waals surface area contributed by atoms with Crippen molar-refractivity contribution in [3.63, 3.8) is 0 Å². The zero-order valence-corrected chi connectivity index (χ0v) is 17.3. The van der Waals surface area contributed by atoms with Gasteiger partial charge in [0.25, 0.3) is 0 Å². The van der Waals surface area contributed by atoms with Crippen LogP contribution in [0.2, 0.25) is 0 Å². The van der Waals surface area contributed by atoms with E-state index in [1.165, 1.54) is 6.42 Å². The first-order valence-corrected chi connectivity index (χ1v) is 11.1. The molecular formula is C17H31F3N4O3S. The number of hydrogen-bond acceptors (Lipinski definition) is 4. The lowest BCUT2D eigenvalue weighted by Gasteiger charge is -2.42. The smallest absolute Gasteiger partial charge is 0.385 e. The zero-order valence-electron chi connectivity index (χ0n) is 16.5. The van der Waals surface area contributed by atoms with Gasteiger partial charge in [-0.2, -0.15) is 17.5 Å². The predicted octanol–water partition coefficient (Wildman–Crippen LogP) is 1.92. The molecule has 0 bridgehead atoms. The monoisotopic (exact) mass is 428 g/mol. The third-order valence-electron chi connectivity index (χ3n) is 5.87. The summed E-state index contributed by atoms with van der Waals surface area (Å²) in [6.45, 7) is 1.86. The van der Waals surface area contributed by atoms with Crippen LogP contribution in [0, 0.1) is 11.3 Å². The molecule has 164 valence electrons. The van der Waals surface area contributed by atoms with Crippen LogP contribution in [-0.4, -0.2) is 71.1 Å². The highest BCUT2D eigenvalue weighted by atomic mass is 32.2. The molecule has 2 N–H and O–H groups in total. The van der Waals surface area contributed by atoms with Gasteiger partial charge in [-0.3, -0.25) is 4.99 Å². The number of halogens is 3. The molecule has 0 unspecified atom stereocenters. The van der Waals surface area contributed by atoms with Crippen LogP contribution < -0.4 is 10.6 Å². The third kappa shape index (κ3) is 5.73. The summed E-state index contributed by atoms with van der Waals surface area (Å²) in [5, 5.41) is 6.56. The summed E-state index contributed by atoms with van der Waals surface area (Å²) in [5.74, 6) is 0.762. The summed E-state index contributed by atoms with van der Waals surface area (Å²) in [6.07, 6.45) is 5.31. The SMILES string of the molecule is CN=C(NCC1CCN(S(=O)(=O)C(F)(F)F)CC1)NCC1(CCOC)CCC1. The first-order chi connectivity index (χ1) is 13.1. The van der Waals surface area contributed by atoms with Gasteiger partial charge in [-0.25, -0.2) is 8.42 Å². The van der Waals surface area contributed by atoms with Gasteiger partial charge in [-0.05, 0) is 43.4 Å². The first kappa shape index (κ1) is 23.2. The highest BCUT2D eigenvalue weighted by molar-refractivity contribution is 7.90. The molecule has 0 radical (unpaired) electrons. The predicted molar refractivity (Wildman–Crippen MR) is 101 cm³/mol. The zero-order chi connectivity index (χ0) is 20.8. The Balaban J connectivity index is 1.75. The Morgan fingerprint density at radius 1 is 1.25 bits per heavy atom. The second-order valence-corrected chi connectivity index (χ2v) is 9.63. The maximum atomic E-state index is 12.6. The molecule has 1 heterocycles. The molecule has 1 saturated carbocycles. The number of methoxy groups -OCH3 is 1. The fourth-order valence-electron chi connectivity index (χ4n) is 3.74. The number of rotatable bonds is 8. The Hall–Kier alpha value is -1.07. The van der Waals surface area contributed by atoms with E-state index >= 15 is 0 Å². The minimum absolute atomic E-state index is 0.101. The summed E-state index contributed by atoms with van der Waals surface area (Å²) in [5.41, 5.74) is -4.99. The van der Waals surface area contributed by atoms with Crippen LogP contribution in [-0.2, 0) is 14.8 Å². The van der Waals surface area contributed by atoms with Gasteiger partial charge in [0.1, 0.15) is 0 Å². The van der Waals surface area contributed by atoms with Crippen molar-refractivity contribution in [3.05, 3.63) is 0 Å². The van der Waals surface area contributed by atoms with Crippen molar-refractivity contribution in [1.82, 2.24) is 14.9 Å². The molecular weight excluding hydrogens is 397 g/mol. The van der Waals surface area contributed by atoms with E-state index in [9.17, 15) is 21.6 Å². The fraction of sp³-hybridized carbons (Fsp3) is 0.941. The molecule has 28 heavy (non-hydrogen) atoms. The maximum Gasteiger partial charge on any atom is 0.511 e. The number of guanidine groups is 1. The van der Waals surface area contributed by atoms with Gasteiger partial charge in [0.2, 0.25) is 0 Å². The normalized spacial score (nSPS) is 22.0. The molecule has 0 aromatic heterocycles. The van der Waals surface area contributed by atoms with Gasteiger partial charge in [0, 0.05) is 46.9 Å². The van der Waals surface area contributed by atoms with Crippen LogP contribution in [0.25, 0.3) is 0 Å². The van der Waals surface area contributed by atoms with Crippen LogP contribution in [0.3, 0.4) is 0 Å². The molecule has 2 rings (SSSR count). The van der Waals surface area contributed by atoms with E-state index in [1.54, 1.807) is 14.2 Å². The van der Waals surface area contributed by atoms with E-state index in [4.69, 9.17) is 4.74 Å². The fourth-order valence-corrected chi connectivity index (χ4v) is 4.73. The first-order valence-electron chi connectivity index (χ1n) is 9.63. The minimum atomic E-state index is -5.23.